The van der Waals surface area contributed by atoms with Crippen molar-refractivity contribution < 1.29 is 14.3 Å². The third-order valence-electron chi connectivity index (χ3n) is 3.34. The number of hydrogen-bond acceptors (Lipinski definition) is 3. The van der Waals surface area contributed by atoms with E-state index >= 15 is 0 Å². The number of aliphatic hydroxyl groups excluding tert-OH is 1. The summed E-state index contributed by atoms with van der Waals surface area (Å²) in [6, 6.07) is 11.6. The number of rotatable bonds is 7. The molecule has 0 saturated heterocycles. The number of benzene rings is 1. The van der Waals surface area contributed by atoms with Crippen molar-refractivity contribution in [1.29, 1.82) is 0 Å². The molecule has 0 aliphatic carbocycles. The Hall–Kier alpha value is -2.07. The van der Waals surface area contributed by atoms with Crippen molar-refractivity contribution in [3.63, 3.8) is 0 Å². The fraction of sp³-hybridized carbons (Fsp3) is 0.353. The minimum atomic E-state index is 0.0380. The zero-order valence-corrected chi connectivity index (χ0v) is 12.3. The first-order chi connectivity index (χ1) is 10.2. The van der Waals surface area contributed by atoms with Gasteiger partial charge in [0.1, 0.15) is 11.5 Å². The highest BCUT2D eigenvalue weighted by atomic mass is 16.3. The molecule has 0 aliphatic rings. The first-order valence-corrected chi connectivity index (χ1v) is 7.18. The van der Waals surface area contributed by atoms with Crippen molar-refractivity contribution in [3.05, 3.63) is 59.0 Å². The number of hydrogen-bond donors (Lipinski definition) is 2. The van der Waals surface area contributed by atoms with Gasteiger partial charge in [-0.15, -0.1) is 0 Å². The van der Waals surface area contributed by atoms with Crippen molar-refractivity contribution in [1.82, 2.24) is 5.32 Å². The van der Waals surface area contributed by atoms with Crippen LogP contribution in [0.15, 0.2) is 40.8 Å². The average molecular weight is 287 g/mol. The Bertz CT molecular complexity index is 572. The Balaban J connectivity index is 1.66. The minimum absolute atomic E-state index is 0.0380. The van der Waals surface area contributed by atoms with Crippen molar-refractivity contribution in [2.24, 2.45) is 0 Å². The lowest BCUT2D eigenvalue weighted by molar-refractivity contribution is -0.121. The van der Waals surface area contributed by atoms with E-state index in [0.717, 1.165) is 29.1 Å². The highest BCUT2D eigenvalue weighted by molar-refractivity contribution is 5.76. The molecular weight excluding hydrogens is 266 g/mol. The topological polar surface area (TPSA) is 62.5 Å². The molecule has 2 N–H and O–H groups in total. The molecule has 1 amide bonds. The van der Waals surface area contributed by atoms with Gasteiger partial charge >= 0.3 is 0 Å². The largest absolute Gasteiger partial charge is 0.466 e. The number of aliphatic hydroxyl groups is 1. The highest BCUT2D eigenvalue weighted by Crippen LogP contribution is 2.08. The Morgan fingerprint density at radius 3 is 2.43 bits per heavy atom. The van der Waals surface area contributed by atoms with Crippen LogP contribution in [0.25, 0.3) is 0 Å². The van der Waals surface area contributed by atoms with Crippen molar-refractivity contribution >= 4 is 5.91 Å². The van der Waals surface area contributed by atoms with Crippen LogP contribution in [0, 0.1) is 6.92 Å². The Kier molecular flexibility index (Phi) is 5.58. The molecule has 1 heterocycles. The summed E-state index contributed by atoms with van der Waals surface area (Å²) in [5.74, 6) is 1.76. The van der Waals surface area contributed by atoms with E-state index in [-0.39, 0.29) is 12.5 Å². The summed E-state index contributed by atoms with van der Waals surface area (Å²) in [5.41, 5.74) is 2.05. The third kappa shape index (κ3) is 5.08. The van der Waals surface area contributed by atoms with Crippen LogP contribution >= 0.6 is 0 Å². The first-order valence-electron chi connectivity index (χ1n) is 7.18. The molecule has 0 aliphatic heterocycles. The maximum Gasteiger partial charge on any atom is 0.220 e. The lowest BCUT2D eigenvalue weighted by atomic mass is 10.1. The van der Waals surface area contributed by atoms with Gasteiger partial charge in [-0.05, 0) is 36.6 Å². The molecule has 4 nitrogen and oxygen atoms in total. The van der Waals surface area contributed by atoms with Gasteiger partial charge in [0.05, 0.1) is 6.61 Å². The predicted octanol–water partition coefficient (Wildman–Crippen LogP) is 2.37. The Morgan fingerprint density at radius 1 is 1.10 bits per heavy atom. The zero-order chi connectivity index (χ0) is 15.1. The summed E-state index contributed by atoms with van der Waals surface area (Å²) in [6.07, 6.45) is 1.86. The molecule has 1 aromatic carbocycles. The first kappa shape index (κ1) is 15.3. The van der Waals surface area contributed by atoms with E-state index in [0.29, 0.717) is 19.4 Å². The van der Waals surface area contributed by atoms with Crippen LogP contribution in [0.2, 0.25) is 0 Å². The summed E-state index contributed by atoms with van der Waals surface area (Å²) < 4.78 is 5.43. The lowest BCUT2D eigenvalue weighted by Gasteiger charge is -2.05. The van der Waals surface area contributed by atoms with E-state index in [9.17, 15) is 4.79 Å². The second-order valence-corrected chi connectivity index (χ2v) is 5.09. The van der Waals surface area contributed by atoms with Crippen molar-refractivity contribution in [3.8, 4) is 0 Å². The fourth-order valence-corrected chi connectivity index (χ4v) is 2.10. The van der Waals surface area contributed by atoms with Crippen molar-refractivity contribution in [2.45, 2.75) is 32.8 Å². The highest BCUT2D eigenvalue weighted by Gasteiger charge is 2.04. The molecule has 2 aromatic rings. The molecule has 0 saturated carbocycles. The van der Waals surface area contributed by atoms with Crippen LogP contribution < -0.4 is 5.32 Å². The number of carbonyl (C=O) groups excluding carboxylic acids is 1. The van der Waals surface area contributed by atoms with E-state index in [4.69, 9.17) is 9.52 Å². The van der Waals surface area contributed by atoms with Gasteiger partial charge in [0.25, 0.3) is 0 Å². The van der Waals surface area contributed by atoms with Crippen LogP contribution in [-0.2, 0) is 24.2 Å². The molecule has 0 fully saturated rings. The maximum absolute atomic E-state index is 11.7. The van der Waals surface area contributed by atoms with E-state index in [1.54, 1.807) is 0 Å². The number of furan rings is 1. The van der Waals surface area contributed by atoms with Gasteiger partial charge in [0.2, 0.25) is 5.91 Å². The second-order valence-electron chi connectivity index (χ2n) is 5.09. The number of amides is 1. The quantitative estimate of drug-likeness (QED) is 0.822. The molecule has 0 bridgehead atoms. The van der Waals surface area contributed by atoms with Gasteiger partial charge in [-0.2, -0.15) is 0 Å². The third-order valence-corrected chi connectivity index (χ3v) is 3.34. The molecule has 0 spiro atoms. The van der Waals surface area contributed by atoms with Gasteiger partial charge < -0.3 is 14.8 Å². The standard InChI is InChI=1S/C17H21NO3/c1-13-2-7-16(21-13)8-9-17(20)18-11-10-14-3-5-15(12-19)6-4-14/h2-7,19H,8-12H2,1H3,(H,18,20). The number of aryl methyl sites for hydroxylation is 2. The summed E-state index contributed by atoms with van der Waals surface area (Å²) in [4.78, 5) is 11.7. The summed E-state index contributed by atoms with van der Waals surface area (Å²) in [6.45, 7) is 2.57. The minimum Gasteiger partial charge on any atom is -0.466 e. The molecule has 2 rings (SSSR count). The van der Waals surface area contributed by atoms with Crippen LogP contribution in [0.4, 0.5) is 0 Å². The molecule has 21 heavy (non-hydrogen) atoms. The van der Waals surface area contributed by atoms with Crippen LogP contribution in [-0.4, -0.2) is 17.6 Å². The van der Waals surface area contributed by atoms with Gasteiger partial charge in [0, 0.05) is 19.4 Å². The van der Waals surface area contributed by atoms with Crippen molar-refractivity contribution in [2.75, 3.05) is 6.54 Å². The lowest BCUT2D eigenvalue weighted by Crippen LogP contribution is -2.25. The second kappa shape index (κ2) is 7.64. The summed E-state index contributed by atoms with van der Waals surface area (Å²) >= 11 is 0. The van der Waals surface area contributed by atoms with Crippen LogP contribution in [0.5, 0.6) is 0 Å². The van der Waals surface area contributed by atoms with E-state index in [1.807, 2.05) is 43.3 Å². The normalized spacial score (nSPS) is 10.6. The molecular formula is C17H21NO3. The van der Waals surface area contributed by atoms with Gasteiger partial charge in [-0.3, -0.25) is 4.79 Å². The zero-order valence-electron chi connectivity index (χ0n) is 12.3. The molecule has 0 unspecified atom stereocenters. The van der Waals surface area contributed by atoms with E-state index < -0.39 is 0 Å². The predicted molar refractivity (Wildman–Crippen MR) is 80.8 cm³/mol. The Labute approximate surface area is 124 Å². The van der Waals surface area contributed by atoms with Gasteiger partial charge in [-0.1, -0.05) is 24.3 Å². The molecule has 1 aromatic heterocycles. The molecule has 112 valence electrons. The number of nitrogens with one attached hydrogen (secondary N) is 1. The summed E-state index contributed by atoms with van der Waals surface area (Å²) in [7, 11) is 0. The maximum atomic E-state index is 11.7. The molecule has 4 heteroatoms. The van der Waals surface area contributed by atoms with E-state index in [1.165, 1.54) is 0 Å². The molecule has 0 atom stereocenters. The Morgan fingerprint density at radius 2 is 1.81 bits per heavy atom. The number of carbonyl (C=O) groups is 1. The van der Waals surface area contributed by atoms with E-state index in [2.05, 4.69) is 5.32 Å². The van der Waals surface area contributed by atoms with Gasteiger partial charge in [-0.25, -0.2) is 0 Å². The monoisotopic (exact) mass is 287 g/mol. The average Bonchev–Trinajstić information content (AvgIpc) is 2.91. The van der Waals surface area contributed by atoms with Crippen LogP contribution in [0.1, 0.15) is 29.1 Å². The van der Waals surface area contributed by atoms with Crippen LogP contribution in [0.3, 0.4) is 0 Å². The summed E-state index contributed by atoms with van der Waals surface area (Å²) in [5, 5.41) is 11.9. The smallest absolute Gasteiger partial charge is 0.220 e. The fourth-order valence-electron chi connectivity index (χ4n) is 2.10. The molecule has 0 radical (unpaired) electrons. The van der Waals surface area contributed by atoms with Gasteiger partial charge in [0.15, 0.2) is 0 Å². The SMILES string of the molecule is Cc1ccc(CCC(=O)NCCc2ccc(CO)cc2)o1.